The lowest BCUT2D eigenvalue weighted by Gasteiger charge is -2.14. The minimum Gasteiger partial charge on any atom is -0.495 e. The van der Waals surface area contributed by atoms with Gasteiger partial charge in [0.2, 0.25) is 17.6 Å². The Morgan fingerprint density at radius 2 is 1.53 bits per heavy atom. The molecule has 2 aromatic rings. The van der Waals surface area contributed by atoms with Gasteiger partial charge < -0.3 is 41.9 Å². The van der Waals surface area contributed by atoms with Crippen molar-refractivity contribution in [2.75, 3.05) is 34.2 Å². The smallest absolute Gasteiger partial charge is 0.234 e. The first-order valence-electron chi connectivity index (χ1n) is 9.80. The molecule has 8 N–H and O–H groups in total. The summed E-state index contributed by atoms with van der Waals surface area (Å²) in [6.07, 6.45) is 1.55. The molecule has 0 unspecified atom stereocenters. The zero-order chi connectivity index (χ0) is 25.8. The number of nitrogens with zero attached hydrogens (tertiary/aromatic N) is 1. The van der Waals surface area contributed by atoms with Crippen LogP contribution in [0.25, 0.3) is 11.6 Å². The summed E-state index contributed by atoms with van der Waals surface area (Å²) in [4.78, 5) is 20.2. The fraction of sp³-hybridized carbons (Fsp3) is 0.261. The monoisotopic (exact) mass is 471 g/mol. The van der Waals surface area contributed by atoms with Crippen LogP contribution in [-0.2, 0) is 9.59 Å². The molecule has 2 amide bonds. The number of benzene rings is 2. The van der Waals surface area contributed by atoms with Gasteiger partial charge in [0.15, 0.2) is 11.5 Å². The molecule has 1 atom stereocenters. The standard InChI is InChI=1S/C19H20N2O4.C4H9N3O2/c1-22-16-6-5-12(8-15(16)21)7-14(11-20)13-9-17(23-2)19(25-4)18(10-13)24-3;5-2(4(7)9)1-3(6)8/h5-10H,21H2,1-4H3;2H,1,5H2,(H2,6,8)(H2,7,9)/t;2-/m.1/s1. The van der Waals surface area contributed by atoms with Crippen molar-refractivity contribution in [3.8, 4) is 29.1 Å². The molecule has 2 rings (SSSR count). The number of allylic oxidation sites excluding steroid dienone is 1. The highest BCUT2D eigenvalue weighted by Gasteiger charge is 2.15. The van der Waals surface area contributed by atoms with Gasteiger partial charge >= 0.3 is 0 Å². The number of hydrogen-bond acceptors (Lipinski definition) is 9. The van der Waals surface area contributed by atoms with Crippen LogP contribution in [0.4, 0.5) is 5.69 Å². The molecule has 11 nitrogen and oxygen atoms in total. The minimum atomic E-state index is -0.942. The van der Waals surface area contributed by atoms with Crippen LogP contribution in [0.2, 0.25) is 0 Å². The van der Waals surface area contributed by atoms with E-state index in [0.717, 1.165) is 5.56 Å². The first kappa shape index (κ1) is 27.6. The molecule has 0 aliphatic heterocycles. The molecule has 0 saturated heterocycles. The van der Waals surface area contributed by atoms with Gasteiger partial charge in [-0.1, -0.05) is 6.07 Å². The first-order valence-corrected chi connectivity index (χ1v) is 9.80. The number of nitrogens with two attached hydrogens (primary N) is 4. The maximum Gasteiger partial charge on any atom is 0.234 e. The van der Waals surface area contributed by atoms with Gasteiger partial charge in [-0.3, -0.25) is 9.59 Å². The number of carbonyl (C=O) groups is 2. The zero-order valence-corrected chi connectivity index (χ0v) is 19.5. The van der Waals surface area contributed by atoms with Gasteiger partial charge in [0, 0.05) is 0 Å². The van der Waals surface area contributed by atoms with E-state index in [9.17, 15) is 14.9 Å². The highest BCUT2D eigenvalue weighted by atomic mass is 16.5. The van der Waals surface area contributed by atoms with Gasteiger partial charge in [0.25, 0.3) is 0 Å². The summed E-state index contributed by atoms with van der Waals surface area (Å²) in [5.74, 6) is 0.678. The second-order valence-corrected chi connectivity index (χ2v) is 6.76. The minimum absolute atomic E-state index is 0.185. The average molecular weight is 472 g/mol. The number of rotatable bonds is 9. The summed E-state index contributed by atoms with van der Waals surface area (Å²) < 4.78 is 21.1. The fourth-order valence-corrected chi connectivity index (χ4v) is 2.74. The van der Waals surface area contributed by atoms with Gasteiger partial charge in [0.05, 0.1) is 58.2 Å². The van der Waals surface area contributed by atoms with Crippen molar-refractivity contribution in [1.29, 1.82) is 5.26 Å². The molecule has 0 radical (unpaired) electrons. The Morgan fingerprint density at radius 3 is 1.88 bits per heavy atom. The van der Waals surface area contributed by atoms with Crippen LogP contribution in [0.15, 0.2) is 30.3 Å². The molecule has 0 aromatic heterocycles. The summed E-state index contributed by atoms with van der Waals surface area (Å²) in [7, 11) is 6.14. The lowest BCUT2D eigenvalue weighted by molar-refractivity contribution is -0.124. The van der Waals surface area contributed by atoms with E-state index in [1.54, 1.807) is 37.5 Å². The lowest BCUT2D eigenvalue weighted by atomic mass is 10.0. The van der Waals surface area contributed by atoms with Crippen molar-refractivity contribution in [1.82, 2.24) is 0 Å². The normalized spacial score (nSPS) is 11.2. The summed E-state index contributed by atoms with van der Waals surface area (Å²) in [5.41, 5.74) is 22.7. The Balaban J connectivity index is 0.000000546. The van der Waals surface area contributed by atoms with E-state index < -0.39 is 17.9 Å². The first-order chi connectivity index (χ1) is 16.1. The Bertz CT molecular complexity index is 1070. The summed E-state index contributed by atoms with van der Waals surface area (Å²) in [6.45, 7) is 0. The molecule has 0 aliphatic carbocycles. The Kier molecular flexibility index (Phi) is 10.7. The quantitative estimate of drug-likeness (QED) is 0.234. The average Bonchev–Trinajstić information content (AvgIpc) is 2.81. The molecule has 34 heavy (non-hydrogen) atoms. The molecule has 0 spiro atoms. The van der Waals surface area contributed by atoms with E-state index in [-0.39, 0.29) is 6.42 Å². The van der Waals surface area contributed by atoms with E-state index in [0.29, 0.717) is 39.8 Å². The SMILES string of the molecule is COc1ccc(C=C(C#N)c2cc(OC)c(OC)c(OC)c2)cc1N.NC(=O)C[C@@H](N)C(N)=O. The Labute approximate surface area is 197 Å². The third-order valence-corrected chi connectivity index (χ3v) is 4.45. The van der Waals surface area contributed by atoms with E-state index in [1.807, 2.05) is 6.07 Å². The molecule has 182 valence electrons. The molecular weight excluding hydrogens is 442 g/mol. The van der Waals surface area contributed by atoms with Gasteiger partial charge in [-0.25, -0.2) is 0 Å². The van der Waals surface area contributed by atoms with E-state index in [2.05, 4.69) is 6.07 Å². The maximum absolute atomic E-state index is 10.1. The number of nitrogen functional groups attached to an aromatic ring is 1. The van der Waals surface area contributed by atoms with Crippen LogP contribution in [0.5, 0.6) is 23.0 Å². The van der Waals surface area contributed by atoms with E-state index in [1.165, 1.54) is 21.3 Å². The topological polar surface area (TPSA) is 199 Å². The van der Waals surface area contributed by atoms with Crippen LogP contribution < -0.4 is 41.9 Å². The van der Waals surface area contributed by atoms with Gasteiger partial charge in [-0.15, -0.1) is 0 Å². The lowest BCUT2D eigenvalue weighted by Crippen LogP contribution is -2.39. The molecular formula is C23H29N5O6. The van der Waals surface area contributed by atoms with Crippen molar-refractivity contribution in [3.63, 3.8) is 0 Å². The number of carbonyl (C=O) groups excluding carboxylic acids is 2. The largest absolute Gasteiger partial charge is 0.495 e. The molecule has 2 aromatic carbocycles. The van der Waals surface area contributed by atoms with E-state index >= 15 is 0 Å². The van der Waals surface area contributed by atoms with Crippen molar-refractivity contribution in [2.45, 2.75) is 12.5 Å². The van der Waals surface area contributed by atoms with Crippen LogP contribution in [-0.4, -0.2) is 46.3 Å². The van der Waals surface area contributed by atoms with Crippen molar-refractivity contribution >= 4 is 29.2 Å². The number of primary amides is 2. The number of amides is 2. The van der Waals surface area contributed by atoms with E-state index in [4.69, 9.17) is 41.9 Å². The molecule has 0 fully saturated rings. The van der Waals surface area contributed by atoms with Crippen LogP contribution in [0.1, 0.15) is 17.5 Å². The number of hydrogen-bond donors (Lipinski definition) is 4. The second kappa shape index (κ2) is 13.2. The maximum atomic E-state index is 10.1. The van der Waals surface area contributed by atoms with Gasteiger partial charge in [-0.05, 0) is 41.5 Å². The van der Waals surface area contributed by atoms with Gasteiger partial charge in [0.1, 0.15) is 5.75 Å². The molecule has 0 saturated carbocycles. The molecule has 0 heterocycles. The summed E-state index contributed by atoms with van der Waals surface area (Å²) in [6, 6.07) is 10.0. The number of methoxy groups -OCH3 is 4. The predicted molar refractivity (Wildman–Crippen MR) is 128 cm³/mol. The Morgan fingerprint density at radius 1 is 0.971 bits per heavy atom. The number of anilines is 1. The van der Waals surface area contributed by atoms with Crippen LogP contribution in [0.3, 0.4) is 0 Å². The highest BCUT2D eigenvalue weighted by Crippen LogP contribution is 2.40. The fourth-order valence-electron chi connectivity index (χ4n) is 2.74. The number of ether oxygens (including phenoxy) is 4. The predicted octanol–water partition coefficient (Wildman–Crippen LogP) is 1.04. The van der Waals surface area contributed by atoms with Crippen LogP contribution in [0, 0.1) is 11.3 Å². The van der Waals surface area contributed by atoms with Crippen molar-refractivity contribution in [3.05, 3.63) is 41.5 Å². The van der Waals surface area contributed by atoms with Crippen LogP contribution >= 0.6 is 0 Å². The highest BCUT2D eigenvalue weighted by molar-refractivity contribution is 5.91. The van der Waals surface area contributed by atoms with Gasteiger partial charge in [-0.2, -0.15) is 5.26 Å². The molecule has 0 aliphatic rings. The third-order valence-electron chi connectivity index (χ3n) is 4.45. The number of nitriles is 1. The zero-order valence-electron chi connectivity index (χ0n) is 19.5. The third kappa shape index (κ3) is 7.61. The molecule has 0 bridgehead atoms. The van der Waals surface area contributed by atoms with Crippen molar-refractivity contribution < 1.29 is 28.5 Å². The second-order valence-electron chi connectivity index (χ2n) is 6.76. The summed E-state index contributed by atoms with van der Waals surface area (Å²) >= 11 is 0. The Hall–Kier alpha value is -4.43. The molecule has 11 heteroatoms. The summed E-state index contributed by atoms with van der Waals surface area (Å²) in [5, 5.41) is 9.58. The van der Waals surface area contributed by atoms with Crippen molar-refractivity contribution in [2.24, 2.45) is 17.2 Å².